The third kappa shape index (κ3) is 3.66. The van der Waals surface area contributed by atoms with Gasteiger partial charge in [-0.25, -0.2) is 0 Å². The average Bonchev–Trinajstić information content (AvgIpc) is 2.37. The first-order valence-corrected chi connectivity index (χ1v) is 6.66. The highest BCUT2D eigenvalue weighted by atomic mass is 35.5. The molecule has 1 aliphatic rings. The number of anilines is 2. The lowest BCUT2D eigenvalue weighted by atomic mass is 10.1. The molecule has 0 spiro atoms. The fourth-order valence-electron chi connectivity index (χ4n) is 2.07. The van der Waals surface area contributed by atoms with Gasteiger partial charge in [0.1, 0.15) is 6.04 Å². The van der Waals surface area contributed by atoms with Gasteiger partial charge in [-0.3, -0.25) is 4.79 Å². The van der Waals surface area contributed by atoms with Crippen LogP contribution in [0, 0.1) is 0 Å². The Labute approximate surface area is 116 Å². The Morgan fingerprint density at radius 1 is 1.32 bits per heavy atom. The molecule has 0 aliphatic carbocycles. The molecule has 1 amide bonds. The van der Waals surface area contributed by atoms with Crippen molar-refractivity contribution in [3.05, 3.63) is 5.28 Å². The van der Waals surface area contributed by atoms with Crippen LogP contribution in [0.1, 0.15) is 26.2 Å². The van der Waals surface area contributed by atoms with E-state index in [-0.39, 0.29) is 23.1 Å². The Morgan fingerprint density at radius 3 is 2.63 bits per heavy atom. The van der Waals surface area contributed by atoms with Crippen LogP contribution in [-0.2, 0) is 4.79 Å². The number of nitrogens with two attached hydrogens (primary N) is 1. The number of piperidine rings is 1. The van der Waals surface area contributed by atoms with E-state index in [2.05, 4.69) is 20.3 Å². The van der Waals surface area contributed by atoms with Crippen molar-refractivity contribution in [2.24, 2.45) is 0 Å². The number of hydrogen-bond acceptors (Lipinski definition) is 6. The van der Waals surface area contributed by atoms with Crippen molar-refractivity contribution in [1.29, 1.82) is 0 Å². The van der Waals surface area contributed by atoms with E-state index in [0.29, 0.717) is 0 Å². The van der Waals surface area contributed by atoms with Gasteiger partial charge in [0.15, 0.2) is 0 Å². The van der Waals surface area contributed by atoms with Gasteiger partial charge >= 0.3 is 0 Å². The summed E-state index contributed by atoms with van der Waals surface area (Å²) in [6.07, 6.45) is 3.30. The van der Waals surface area contributed by atoms with Crippen LogP contribution in [0.3, 0.4) is 0 Å². The average molecular weight is 285 g/mol. The molecule has 1 fully saturated rings. The summed E-state index contributed by atoms with van der Waals surface area (Å²) in [4.78, 5) is 25.5. The smallest absolute Gasteiger partial charge is 0.244 e. The second-order valence-corrected chi connectivity index (χ2v) is 4.88. The number of hydrogen-bond donors (Lipinski definition) is 2. The van der Waals surface area contributed by atoms with E-state index in [1.807, 2.05) is 4.90 Å². The number of carbonyl (C=O) groups is 1. The number of likely N-dealkylation sites (tertiary alicyclic amines) is 1. The zero-order chi connectivity index (χ0) is 13.8. The monoisotopic (exact) mass is 284 g/mol. The minimum atomic E-state index is -0.420. The Bertz CT molecular complexity index is 442. The van der Waals surface area contributed by atoms with Gasteiger partial charge in [0.25, 0.3) is 0 Å². The van der Waals surface area contributed by atoms with E-state index >= 15 is 0 Å². The molecular weight excluding hydrogens is 268 g/mol. The Balaban J connectivity index is 1.99. The highest BCUT2D eigenvalue weighted by molar-refractivity contribution is 6.28. The second-order valence-electron chi connectivity index (χ2n) is 4.54. The quantitative estimate of drug-likeness (QED) is 0.857. The van der Waals surface area contributed by atoms with Gasteiger partial charge in [0.05, 0.1) is 0 Å². The van der Waals surface area contributed by atoms with Crippen LogP contribution in [0.15, 0.2) is 0 Å². The predicted octanol–water partition coefficient (Wildman–Crippen LogP) is 0.920. The largest absolute Gasteiger partial charge is 0.368 e. The molecule has 1 aliphatic heterocycles. The van der Waals surface area contributed by atoms with E-state index in [1.165, 1.54) is 6.42 Å². The van der Waals surface area contributed by atoms with Crippen LogP contribution in [0.5, 0.6) is 0 Å². The molecule has 0 radical (unpaired) electrons. The maximum atomic E-state index is 12.2. The number of nitrogens with one attached hydrogen (secondary N) is 1. The number of nitrogens with zero attached hydrogens (tertiary/aromatic N) is 4. The van der Waals surface area contributed by atoms with Crippen molar-refractivity contribution in [2.75, 3.05) is 24.1 Å². The summed E-state index contributed by atoms with van der Waals surface area (Å²) in [6.45, 7) is 3.39. The lowest BCUT2D eigenvalue weighted by molar-refractivity contribution is -0.132. The van der Waals surface area contributed by atoms with Gasteiger partial charge < -0.3 is 16.0 Å². The van der Waals surface area contributed by atoms with Crippen LogP contribution in [0.4, 0.5) is 11.9 Å². The molecule has 3 N–H and O–H groups in total. The summed E-state index contributed by atoms with van der Waals surface area (Å²) in [5.74, 6) is 0.283. The third-order valence-corrected chi connectivity index (χ3v) is 3.18. The summed E-state index contributed by atoms with van der Waals surface area (Å²) in [5.41, 5.74) is 5.47. The van der Waals surface area contributed by atoms with Crippen molar-refractivity contribution < 1.29 is 4.79 Å². The summed E-state index contributed by atoms with van der Waals surface area (Å²) in [5, 5.41) is 2.91. The molecule has 1 saturated heterocycles. The molecule has 19 heavy (non-hydrogen) atoms. The number of amides is 1. The van der Waals surface area contributed by atoms with E-state index in [4.69, 9.17) is 17.3 Å². The number of carbonyl (C=O) groups excluding carboxylic acids is 1. The van der Waals surface area contributed by atoms with Gasteiger partial charge in [-0.15, -0.1) is 0 Å². The van der Waals surface area contributed by atoms with E-state index < -0.39 is 6.04 Å². The van der Waals surface area contributed by atoms with Crippen molar-refractivity contribution in [3.63, 3.8) is 0 Å². The predicted molar refractivity (Wildman–Crippen MR) is 72.8 cm³/mol. The van der Waals surface area contributed by atoms with E-state index in [1.54, 1.807) is 6.92 Å². The SMILES string of the molecule is CC(Nc1nc(N)nc(Cl)n1)C(=O)N1CCCCC1. The lowest BCUT2D eigenvalue weighted by Gasteiger charge is -2.29. The van der Waals surface area contributed by atoms with Gasteiger partial charge in [0, 0.05) is 13.1 Å². The van der Waals surface area contributed by atoms with Crippen LogP contribution in [0.2, 0.25) is 5.28 Å². The molecule has 104 valence electrons. The van der Waals surface area contributed by atoms with Crippen LogP contribution in [0.25, 0.3) is 0 Å². The minimum absolute atomic E-state index is 0.00706. The van der Waals surface area contributed by atoms with Gasteiger partial charge in [-0.2, -0.15) is 15.0 Å². The number of halogens is 1. The van der Waals surface area contributed by atoms with Crippen molar-refractivity contribution in [3.8, 4) is 0 Å². The molecule has 0 aromatic carbocycles. The van der Waals surface area contributed by atoms with Crippen molar-refractivity contribution in [1.82, 2.24) is 19.9 Å². The summed E-state index contributed by atoms with van der Waals surface area (Å²) < 4.78 is 0. The Hall–Kier alpha value is -1.63. The molecule has 0 bridgehead atoms. The summed E-state index contributed by atoms with van der Waals surface area (Å²) >= 11 is 5.68. The molecule has 1 aromatic rings. The molecule has 2 rings (SSSR count). The Kier molecular flexibility index (Phi) is 4.36. The zero-order valence-electron chi connectivity index (χ0n) is 10.8. The highest BCUT2D eigenvalue weighted by Crippen LogP contribution is 2.12. The van der Waals surface area contributed by atoms with Crippen LogP contribution in [-0.4, -0.2) is 44.9 Å². The zero-order valence-corrected chi connectivity index (χ0v) is 11.5. The van der Waals surface area contributed by atoms with Crippen LogP contribution >= 0.6 is 11.6 Å². The molecule has 1 atom stereocenters. The van der Waals surface area contributed by atoms with Gasteiger partial charge in [-0.1, -0.05) is 0 Å². The molecule has 8 heteroatoms. The molecule has 2 heterocycles. The summed E-state index contributed by atoms with van der Waals surface area (Å²) in [7, 11) is 0. The third-order valence-electron chi connectivity index (χ3n) is 3.01. The van der Waals surface area contributed by atoms with Gasteiger partial charge in [-0.05, 0) is 37.8 Å². The maximum Gasteiger partial charge on any atom is 0.244 e. The highest BCUT2D eigenvalue weighted by Gasteiger charge is 2.22. The lowest BCUT2D eigenvalue weighted by Crippen LogP contribution is -2.44. The van der Waals surface area contributed by atoms with Gasteiger partial charge in [0.2, 0.25) is 23.1 Å². The maximum absolute atomic E-state index is 12.2. The molecule has 0 saturated carbocycles. The topological polar surface area (TPSA) is 97.0 Å². The summed E-state index contributed by atoms with van der Waals surface area (Å²) in [6, 6.07) is -0.420. The Morgan fingerprint density at radius 2 is 2.00 bits per heavy atom. The van der Waals surface area contributed by atoms with Crippen molar-refractivity contribution in [2.45, 2.75) is 32.2 Å². The molecule has 1 unspecified atom stereocenters. The van der Waals surface area contributed by atoms with Crippen molar-refractivity contribution >= 4 is 29.4 Å². The minimum Gasteiger partial charge on any atom is -0.368 e. The van der Waals surface area contributed by atoms with E-state index in [9.17, 15) is 4.79 Å². The first kappa shape index (κ1) is 13.8. The second kappa shape index (κ2) is 6.01. The number of aromatic nitrogens is 3. The normalized spacial score (nSPS) is 17.1. The van der Waals surface area contributed by atoms with E-state index in [0.717, 1.165) is 25.9 Å². The fraction of sp³-hybridized carbons (Fsp3) is 0.636. The standard InChI is InChI=1S/C11H17ClN6O/c1-7(8(19)18-5-3-2-4-6-18)14-11-16-9(12)15-10(13)17-11/h7H,2-6H2,1H3,(H3,13,14,15,16,17). The molecular formula is C11H17ClN6O. The fourth-order valence-corrected chi connectivity index (χ4v) is 2.24. The first-order valence-electron chi connectivity index (χ1n) is 6.28. The number of nitrogen functional groups attached to an aromatic ring is 1. The molecule has 7 nitrogen and oxygen atoms in total. The number of rotatable bonds is 3. The first-order chi connectivity index (χ1) is 9.06. The molecule has 1 aromatic heterocycles. The van der Waals surface area contributed by atoms with Crippen LogP contribution < -0.4 is 11.1 Å².